The van der Waals surface area contributed by atoms with Crippen LogP contribution in [0, 0.1) is 10.1 Å². The van der Waals surface area contributed by atoms with Crippen molar-refractivity contribution in [3.63, 3.8) is 0 Å². The molecule has 0 spiro atoms. The molecule has 9 heteroatoms. The maximum Gasteiger partial charge on any atom is 0.292 e. The van der Waals surface area contributed by atoms with Gasteiger partial charge in [0.15, 0.2) is 0 Å². The Labute approximate surface area is 161 Å². The molecule has 0 aliphatic carbocycles. The molecule has 2 N–H and O–H groups in total. The van der Waals surface area contributed by atoms with Crippen molar-refractivity contribution in [3.05, 3.63) is 68.2 Å². The third-order valence-corrected chi connectivity index (χ3v) is 4.18. The highest BCUT2D eigenvalue weighted by molar-refractivity contribution is 6.36. The number of nitrogens with one attached hydrogen (secondary N) is 2. The second-order valence-electron chi connectivity index (χ2n) is 5.77. The van der Waals surface area contributed by atoms with Crippen molar-refractivity contribution in [2.24, 2.45) is 0 Å². The Bertz CT molecular complexity index is 794. The largest absolute Gasteiger partial charge is 0.364 e. The molecule has 0 aliphatic heterocycles. The van der Waals surface area contributed by atoms with Crippen LogP contribution in [0.25, 0.3) is 0 Å². The minimum Gasteiger partial charge on any atom is -0.364 e. The van der Waals surface area contributed by atoms with Crippen LogP contribution in [-0.4, -0.2) is 36.5 Å². The number of nitrogens with zero attached hydrogens (tertiary/aromatic N) is 2. The fourth-order valence-electron chi connectivity index (χ4n) is 2.30. The lowest BCUT2D eigenvalue weighted by Crippen LogP contribution is -2.39. The van der Waals surface area contributed by atoms with Crippen LogP contribution in [0.1, 0.15) is 11.6 Å². The van der Waals surface area contributed by atoms with Crippen LogP contribution in [0.5, 0.6) is 0 Å². The van der Waals surface area contributed by atoms with Gasteiger partial charge in [-0.2, -0.15) is 0 Å². The minimum absolute atomic E-state index is 0.152. The van der Waals surface area contributed by atoms with Gasteiger partial charge in [0.2, 0.25) is 5.91 Å². The molecule has 0 fully saturated rings. The Morgan fingerprint density at radius 3 is 2.35 bits per heavy atom. The van der Waals surface area contributed by atoms with Crippen molar-refractivity contribution in [2.45, 2.75) is 6.04 Å². The van der Waals surface area contributed by atoms with Crippen LogP contribution in [0.15, 0.2) is 42.5 Å². The quantitative estimate of drug-likeness (QED) is 0.423. The third-order valence-electron chi connectivity index (χ3n) is 3.52. The summed E-state index contributed by atoms with van der Waals surface area (Å²) in [6.07, 6.45) is 0. The van der Waals surface area contributed by atoms with E-state index in [0.717, 1.165) is 0 Å². The molecule has 2 aromatic rings. The van der Waals surface area contributed by atoms with Gasteiger partial charge in [-0.3, -0.25) is 19.8 Å². The van der Waals surface area contributed by atoms with Gasteiger partial charge in [0, 0.05) is 21.7 Å². The number of nitro groups is 1. The maximum absolute atomic E-state index is 12.8. The number of para-hydroxylation sites is 2. The van der Waals surface area contributed by atoms with Gasteiger partial charge < -0.3 is 10.6 Å². The highest BCUT2D eigenvalue weighted by Gasteiger charge is 2.27. The Hall–Kier alpha value is -2.35. The number of hydrogen-bond acceptors (Lipinski definition) is 5. The minimum atomic E-state index is -1.00. The summed E-state index contributed by atoms with van der Waals surface area (Å²) in [5.41, 5.74) is 0.393. The van der Waals surface area contributed by atoms with Gasteiger partial charge in [0.1, 0.15) is 11.7 Å². The number of nitro benzene ring substituents is 1. The number of amides is 1. The standard InChI is InChI=1S/C17H18Cl2N4O3/c1-22(2)10-20-17(24)16(15-11(18)6-5-7-12(15)19)21-13-8-3-4-9-14(13)23(25)26/h3-9,16,21H,10H2,1-2H3,(H,20,24). The summed E-state index contributed by atoms with van der Waals surface area (Å²) in [4.78, 5) is 25.3. The van der Waals surface area contributed by atoms with Crippen LogP contribution in [-0.2, 0) is 4.79 Å². The van der Waals surface area contributed by atoms with Gasteiger partial charge >= 0.3 is 0 Å². The number of carbonyl (C=O) groups is 1. The lowest BCUT2D eigenvalue weighted by atomic mass is 10.0. The predicted molar refractivity (Wildman–Crippen MR) is 103 cm³/mol. The van der Waals surface area contributed by atoms with E-state index in [-0.39, 0.29) is 28.1 Å². The topological polar surface area (TPSA) is 87.5 Å². The molecule has 0 bridgehead atoms. The van der Waals surface area contributed by atoms with E-state index in [1.807, 2.05) is 0 Å². The second kappa shape index (κ2) is 8.84. The molecule has 2 rings (SSSR count). The first-order valence-electron chi connectivity index (χ1n) is 7.67. The summed E-state index contributed by atoms with van der Waals surface area (Å²) in [6.45, 7) is 0.288. The second-order valence-corrected chi connectivity index (χ2v) is 6.58. The Kier molecular flexibility index (Phi) is 6.79. The van der Waals surface area contributed by atoms with Gasteiger partial charge in [-0.25, -0.2) is 0 Å². The van der Waals surface area contributed by atoms with Crippen LogP contribution in [0.3, 0.4) is 0 Å². The highest BCUT2D eigenvalue weighted by Crippen LogP contribution is 2.34. The van der Waals surface area contributed by atoms with Crippen molar-refractivity contribution < 1.29 is 9.72 Å². The van der Waals surface area contributed by atoms with Crippen molar-refractivity contribution >= 4 is 40.5 Å². The SMILES string of the molecule is CN(C)CNC(=O)C(Nc1ccccc1[N+](=O)[O-])c1c(Cl)cccc1Cl. The molecule has 1 amide bonds. The van der Waals surface area contributed by atoms with Crippen molar-refractivity contribution in [1.29, 1.82) is 0 Å². The summed E-state index contributed by atoms with van der Waals surface area (Å²) in [7, 11) is 3.60. The van der Waals surface area contributed by atoms with Crippen molar-refractivity contribution in [2.75, 3.05) is 26.1 Å². The average molecular weight is 397 g/mol. The van der Waals surface area contributed by atoms with Gasteiger partial charge in [0.05, 0.1) is 11.6 Å². The number of halogens is 2. The van der Waals surface area contributed by atoms with Gasteiger partial charge in [-0.05, 0) is 32.3 Å². The molecule has 7 nitrogen and oxygen atoms in total. The van der Waals surface area contributed by atoms with E-state index >= 15 is 0 Å². The monoisotopic (exact) mass is 396 g/mol. The highest BCUT2D eigenvalue weighted by atomic mass is 35.5. The lowest BCUT2D eigenvalue weighted by Gasteiger charge is -2.23. The first-order valence-corrected chi connectivity index (χ1v) is 8.43. The van der Waals surface area contributed by atoms with E-state index in [2.05, 4.69) is 10.6 Å². The molecule has 2 aromatic carbocycles. The van der Waals surface area contributed by atoms with Gasteiger partial charge in [-0.1, -0.05) is 41.4 Å². The summed E-state index contributed by atoms with van der Waals surface area (Å²) in [5.74, 6) is -0.410. The van der Waals surface area contributed by atoms with E-state index in [1.54, 1.807) is 49.3 Å². The number of benzene rings is 2. The average Bonchev–Trinajstić information content (AvgIpc) is 2.58. The van der Waals surface area contributed by atoms with E-state index in [9.17, 15) is 14.9 Å². The number of hydrogen-bond donors (Lipinski definition) is 2. The fourth-order valence-corrected chi connectivity index (χ4v) is 2.92. The zero-order chi connectivity index (χ0) is 19.3. The van der Waals surface area contributed by atoms with E-state index in [0.29, 0.717) is 5.56 Å². The normalized spacial score (nSPS) is 11.9. The van der Waals surface area contributed by atoms with E-state index in [1.165, 1.54) is 12.1 Å². The van der Waals surface area contributed by atoms with Crippen LogP contribution in [0.4, 0.5) is 11.4 Å². The molecular formula is C17H18Cl2N4O3. The fraction of sp³-hybridized carbons (Fsp3) is 0.235. The Morgan fingerprint density at radius 2 is 1.77 bits per heavy atom. The molecule has 1 atom stereocenters. The summed E-state index contributed by atoms with van der Waals surface area (Å²) < 4.78 is 0. The zero-order valence-corrected chi connectivity index (χ0v) is 15.7. The maximum atomic E-state index is 12.8. The first kappa shape index (κ1) is 20.0. The Morgan fingerprint density at radius 1 is 1.15 bits per heavy atom. The van der Waals surface area contributed by atoms with Crippen LogP contribution >= 0.6 is 23.2 Å². The molecular weight excluding hydrogens is 379 g/mol. The number of anilines is 1. The molecule has 0 aliphatic rings. The lowest BCUT2D eigenvalue weighted by molar-refractivity contribution is -0.384. The van der Waals surface area contributed by atoms with Gasteiger partial charge in [0.25, 0.3) is 5.69 Å². The van der Waals surface area contributed by atoms with Crippen LogP contribution in [0.2, 0.25) is 10.0 Å². The molecule has 0 saturated heterocycles. The molecule has 26 heavy (non-hydrogen) atoms. The van der Waals surface area contributed by atoms with Crippen molar-refractivity contribution in [3.8, 4) is 0 Å². The first-order chi connectivity index (χ1) is 12.3. The van der Waals surface area contributed by atoms with E-state index < -0.39 is 16.9 Å². The third kappa shape index (κ3) is 4.85. The number of carbonyl (C=O) groups excluding carboxylic acids is 1. The van der Waals surface area contributed by atoms with Crippen molar-refractivity contribution in [1.82, 2.24) is 10.2 Å². The smallest absolute Gasteiger partial charge is 0.292 e. The molecule has 0 radical (unpaired) electrons. The molecule has 1 unspecified atom stereocenters. The molecule has 0 aromatic heterocycles. The number of rotatable bonds is 7. The summed E-state index contributed by atoms with van der Waals surface area (Å²) in [5, 5.41) is 17.5. The van der Waals surface area contributed by atoms with E-state index in [4.69, 9.17) is 23.2 Å². The van der Waals surface area contributed by atoms with Crippen LogP contribution < -0.4 is 10.6 Å². The predicted octanol–water partition coefficient (Wildman–Crippen LogP) is 3.69. The van der Waals surface area contributed by atoms with Gasteiger partial charge in [-0.15, -0.1) is 0 Å². The summed E-state index contributed by atoms with van der Waals surface area (Å²) in [6, 6.07) is 9.93. The zero-order valence-electron chi connectivity index (χ0n) is 14.2. The molecule has 0 saturated carbocycles. The molecule has 0 heterocycles. The Balaban J connectivity index is 2.45. The summed E-state index contributed by atoms with van der Waals surface area (Å²) >= 11 is 12.5. The molecule has 138 valence electrons.